The number of aryl methyl sites for hydroxylation is 1. The summed E-state index contributed by atoms with van der Waals surface area (Å²) in [6.07, 6.45) is 1.84. The Morgan fingerprint density at radius 1 is 1.56 bits per heavy atom. The number of nitrogens with two attached hydrogens (primary N) is 1. The number of rotatable bonds is 4. The van der Waals surface area contributed by atoms with Crippen molar-refractivity contribution in [3.05, 3.63) is 18.0 Å². The van der Waals surface area contributed by atoms with Gasteiger partial charge in [0.2, 0.25) is 0 Å². The molecule has 1 aromatic rings. The van der Waals surface area contributed by atoms with Crippen LogP contribution in [0, 0.1) is 0 Å². The van der Waals surface area contributed by atoms with Crippen LogP contribution >= 0.6 is 0 Å². The molecule has 0 aromatic carbocycles. The summed E-state index contributed by atoms with van der Waals surface area (Å²) < 4.78 is 7.70. The van der Waals surface area contributed by atoms with E-state index < -0.39 is 0 Å². The van der Waals surface area contributed by atoms with Crippen LogP contribution in [0.3, 0.4) is 0 Å². The molecule has 2 unspecified atom stereocenters. The molecule has 6 heteroatoms. The van der Waals surface area contributed by atoms with Gasteiger partial charge in [0.05, 0.1) is 24.4 Å². The Morgan fingerprint density at radius 2 is 2.33 bits per heavy atom. The summed E-state index contributed by atoms with van der Waals surface area (Å²) >= 11 is 0. The smallest absolute Gasteiger partial charge is 0.0925 e. The number of ether oxygens (including phenoxy) is 1. The molecule has 0 spiro atoms. The van der Waals surface area contributed by atoms with E-state index in [1.54, 1.807) is 6.20 Å². The maximum Gasteiger partial charge on any atom is 0.0925 e. The van der Waals surface area contributed by atoms with Crippen molar-refractivity contribution < 1.29 is 4.74 Å². The Kier molecular flexibility index (Phi) is 4.34. The molecule has 3 N–H and O–H groups in total. The van der Waals surface area contributed by atoms with Gasteiger partial charge in [-0.05, 0) is 19.9 Å². The van der Waals surface area contributed by atoms with Gasteiger partial charge in [0, 0.05) is 32.4 Å². The van der Waals surface area contributed by atoms with Gasteiger partial charge in [0.1, 0.15) is 0 Å². The van der Waals surface area contributed by atoms with Gasteiger partial charge in [-0.1, -0.05) is 0 Å². The van der Waals surface area contributed by atoms with Crippen LogP contribution in [0.15, 0.2) is 12.3 Å². The first-order chi connectivity index (χ1) is 8.63. The summed E-state index contributed by atoms with van der Waals surface area (Å²) in [5.41, 5.74) is 3.91. The quantitative estimate of drug-likeness (QED) is 0.585. The van der Waals surface area contributed by atoms with Crippen molar-refractivity contribution in [1.29, 1.82) is 0 Å². The Labute approximate surface area is 108 Å². The zero-order valence-electron chi connectivity index (χ0n) is 11.3. The Bertz CT molecular complexity index is 378. The minimum atomic E-state index is -0.0287. The predicted octanol–water partition coefficient (Wildman–Crippen LogP) is 0.0337. The second-order valence-electron chi connectivity index (χ2n) is 5.02. The molecule has 0 saturated carbocycles. The zero-order valence-corrected chi connectivity index (χ0v) is 11.3. The molecule has 2 rings (SSSR count). The molecule has 1 aromatic heterocycles. The molecule has 2 heterocycles. The molecule has 0 radical (unpaired) electrons. The lowest BCUT2D eigenvalue weighted by atomic mass is 10.1. The molecule has 0 aliphatic carbocycles. The van der Waals surface area contributed by atoms with E-state index in [0.29, 0.717) is 6.04 Å². The van der Waals surface area contributed by atoms with E-state index in [1.807, 2.05) is 17.8 Å². The molecule has 18 heavy (non-hydrogen) atoms. The highest BCUT2D eigenvalue weighted by Gasteiger charge is 2.31. The van der Waals surface area contributed by atoms with Gasteiger partial charge in [-0.3, -0.25) is 15.4 Å². The van der Waals surface area contributed by atoms with Crippen LogP contribution in [0.1, 0.15) is 25.6 Å². The topological polar surface area (TPSA) is 68.3 Å². The molecule has 0 amide bonds. The first-order valence-corrected chi connectivity index (χ1v) is 6.43. The van der Waals surface area contributed by atoms with Crippen molar-refractivity contribution in [1.82, 2.24) is 20.1 Å². The first kappa shape index (κ1) is 13.5. The summed E-state index contributed by atoms with van der Waals surface area (Å²) in [6, 6.07) is 2.47. The van der Waals surface area contributed by atoms with E-state index in [1.165, 1.54) is 0 Å². The molecular formula is C12H23N5O. The van der Waals surface area contributed by atoms with E-state index in [9.17, 15) is 0 Å². The highest BCUT2D eigenvalue weighted by atomic mass is 16.5. The Morgan fingerprint density at radius 3 is 2.89 bits per heavy atom. The maximum absolute atomic E-state index is 5.86. The molecule has 1 fully saturated rings. The summed E-state index contributed by atoms with van der Waals surface area (Å²) in [6.45, 7) is 7.03. The Balaban J connectivity index is 2.11. The second kappa shape index (κ2) is 5.79. The lowest BCUT2D eigenvalue weighted by molar-refractivity contribution is -0.0572. The highest BCUT2D eigenvalue weighted by Crippen LogP contribution is 2.22. The van der Waals surface area contributed by atoms with E-state index in [4.69, 9.17) is 10.6 Å². The van der Waals surface area contributed by atoms with Gasteiger partial charge >= 0.3 is 0 Å². The zero-order chi connectivity index (χ0) is 13.1. The number of hydrogen-bond acceptors (Lipinski definition) is 5. The lowest BCUT2D eigenvalue weighted by Crippen LogP contribution is -2.51. The molecule has 1 saturated heterocycles. The minimum absolute atomic E-state index is 0.0287. The third kappa shape index (κ3) is 2.72. The average molecular weight is 253 g/mol. The number of nitrogens with one attached hydrogen (secondary N) is 1. The number of aromatic nitrogens is 2. The number of hydrogen-bond donors (Lipinski definition) is 2. The standard InChI is InChI=1S/C12H23N5O/c1-9(2)17-6-7-18-11(8-17)12(15-13)10-4-5-14-16(10)3/h4-5,9,11-12,15H,6-8,13H2,1-3H3. The third-order valence-corrected chi connectivity index (χ3v) is 3.58. The highest BCUT2D eigenvalue weighted by molar-refractivity contribution is 5.09. The van der Waals surface area contributed by atoms with Crippen molar-refractivity contribution in [2.24, 2.45) is 12.9 Å². The SMILES string of the molecule is CC(C)N1CCOC(C(NN)c2ccnn2C)C1. The summed E-state index contributed by atoms with van der Waals surface area (Å²) in [7, 11) is 1.92. The normalized spacial score (nSPS) is 23.5. The van der Waals surface area contributed by atoms with Gasteiger partial charge in [-0.15, -0.1) is 0 Å². The second-order valence-corrected chi connectivity index (χ2v) is 5.02. The van der Waals surface area contributed by atoms with E-state index in [-0.39, 0.29) is 12.1 Å². The van der Waals surface area contributed by atoms with Crippen molar-refractivity contribution in [3.8, 4) is 0 Å². The van der Waals surface area contributed by atoms with Crippen LogP contribution < -0.4 is 11.3 Å². The average Bonchev–Trinajstić information content (AvgIpc) is 2.77. The summed E-state index contributed by atoms with van der Waals surface area (Å²) in [5.74, 6) is 5.70. The predicted molar refractivity (Wildman–Crippen MR) is 69.7 cm³/mol. The van der Waals surface area contributed by atoms with Crippen molar-refractivity contribution in [3.63, 3.8) is 0 Å². The molecule has 6 nitrogen and oxygen atoms in total. The number of nitrogens with zero attached hydrogens (tertiary/aromatic N) is 3. The van der Waals surface area contributed by atoms with E-state index in [0.717, 1.165) is 25.4 Å². The summed E-state index contributed by atoms with van der Waals surface area (Å²) in [4.78, 5) is 2.41. The fraction of sp³-hybridized carbons (Fsp3) is 0.750. The molecule has 102 valence electrons. The van der Waals surface area contributed by atoms with Crippen LogP contribution in [0.5, 0.6) is 0 Å². The fourth-order valence-electron chi connectivity index (χ4n) is 2.44. The summed E-state index contributed by atoms with van der Waals surface area (Å²) in [5, 5.41) is 4.19. The number of morpholine rings is 1. The molecule has 1 aliphatic rings. The van der Waals surface area contributed by atoms with Crippen molar-refractivity contribution in [2.75, 3.05) is 19.7 Å². The minimum Gasteiger partial charge on any atom is -0.373 e. The van der Waals surface area contributed by atoms with Gasteiger partial charge in [0.15, 0.2) is 0 Å². The van der Waals surface area contributed by atoms with Gasteiger partial charge in [-0.2, -0.15) is 5.10 Å². The molecular weight excluding hydrogens is 230 g/mol. The first-order valence-electron chi connectivity index (χ1n) is 6.43. The van der Waals surface area contributed by atoms with Crippen molar-refractivity contribution >= 4 is 0 Å². The van der Waals surface area contributed by atoms with Crippen LogP contribution in [0.25, 0.3) is 0 Å². The van der Waals surface area contributed by atoms with Crippen LogP contribution in [0.2, 0.25) is 0 Å². The van der Waals surface area contributed by atoms with Crippen molar-refractivity contribution in [2.45, 2.75) is 32.0 Å². The van der Waals surface area contributed by atoms with Gasteiger partial charge in [0.25, 0.3) is 0 Å². The van der Waals surface area contributed by atoms with Crippen LogP contribution in [0.4, 0.5) is 0 Å². The van der Waals surface area contributed by atoms with Crippen LogP contribution in [-0.4, -0.2) is 46.5 Å². The molecule has 2 atom stereocenters. The van der Waals surface area contributed by atoms with Gasteiger partial charge in [-0.25, -0.2) is 5.43 Å². The fourth-order valence-corrected chi connectivity index (χ4v) is 2.44. The van der Waals surface area contributed by atoms with E-state index in [2.05, 4.69) is 29.3 Å². The van der Waals surface area contributed by atoms with Crippen LogP contribution in [-0.2, 0) is 11.8 Å². The monoisotopic (exact) mass is 253 g/mol. The number of hydrazine groups is 1. The van der Waals surface area contributed by atoms with E-state index >= 15 is 0 Å². The molecule has 0 bridgehead atoms. The lowest BCUT2D eigenvalue weighted by Gasteiger charge is -2.38. The third-order valence-electron chi connectivity index (χ3n) is 3.58. The van der Waals surface area contributed by atoms with Gasteiger partial charge < -0.3 is 4.74 Å². The molecule has 1 aliphatic heterocycles. The largest absolute Gasteiger partial charge is 0.373 e. The maximum atomic E-state index is 5.86. The Hall–Kier alpha value is -0.950.